The number of ether oxygens (including phenoxy) is 1. The second kappa shape index (κ2) is 6.69. The fourth-order valence-corrected chi connectivity index (χ4v) is 3.62. The Morgan fingerprint density at radius 1 is 1.19 bits per heavy atom. The molecule has 6 nitrogen and oxygen atoms in total. The molecule has 0 bridgehead atoms. The summed E-state index contributed by atoms with van der Waals surface area (Å²) in [5.41, 5.74) is 2.43. The van der Waals surface area contributed by atoms with Gasteiger partial charge in [-0.15, -0.1) is 0 Å². The van der Waals surface area contributed by atoms with Crippen molar-refractivity contribution < 1.29 is 9.13 Å². The Morgan fingerprint density at radius 3 is 2.62 bits per heavy atom. The van der Waals surface area contributed by atoms with E-state index in [1.54, 1.807) is 36.2 Å². The molecule has 0 amide bonds. The number of rotatable bonds is 4. The normalized spacial score (nSPS) is 16.0. The molecule has 2 aromatic heterocycles. The van der Waals surface area contributed by atoms with E-state index < -0.39 is 0 Å². The van der Waals surface area contributed by atoms with Gasteiger partial charge in [0.1, 0.15) is 5.82 Å². The Morgan fingerprint density at radius 2 is 1.92 bits per heavy atom. The molecule has 0 spiro atoms. The van der Waals surface area contributed by atoms with E-state index in [1.807, 2.05) is 10.9 Å². The maximum Gasteiger partial charge on any atom is 0.275 e. The summed E-state index contributed by atoms with van der Waals surface area (Å²) in [4.78, 5) is 21.9. The highest BCUT2D eigenvalue weighted by molar-refractivity contribution is 7.98. The van der Waals surface area contributed by atoms with Gasteiger partial charge in [0.25, 0.3) is 5.56 Å². The standard InChI is InChI=1S/C18H17FN4O2S/c1-25-13-9-22-16(14-7-8-20-18(21-14)26-2)15(17(24)23(22)10-13)11-3-5-12(19)6-4-11/h3-8,13H,9-10H2,1-2H3. The molecule has 1 aliphatic heterocycles. The van der Waals surface area contributed by atoms with E-state index >= 15 is 0 Å². The molecule has 1 aliphatic rings. The first-order chi connectivity index (χ1) is 12.6. The molecule has 134 valence electrons. The molecular weight excluding hydrogens is 355 g/mol. The first kappa shape index (κ1) is 17.0. The molecule has 1 unspecified atom stereocenters. The highest BCUT2D eigenvalue weighted by Crippen LogP contribution is 2.32. The first-order valence-corrected chi connectivity index (χ1v) is 9.34. The van der Waals surface area contributed by atoms with Crippen molar-refractivity contribution in [2.75, 3.05) is 13.4 Å². The van der Waals surface area contributed by atoms with Gasteiger partial charge < -0.3 is 4.74 Å². The largest absolute Gasteiger partial charge is 0.378 e. The lowest BCUT2D eigenvalue weighted by atomic mass is 10.0. The molecule has 4 rings (SSSR count). The predicted octanol–water partition coefficient (Wildman–Crippen LogP) is 2.66. The molecule has 1 atom stereocenters. The van der Waals surface area contributed by atoms with Crippen LogP contribution in [0.1, 0.15) is 0 Å². The van der Waals surface area contributed by atoms with Gasteiger partial charge in [-0.05, 0) is 30.0 Å². The Labute approximate surface area is 153 Å². The summed E-state index contributed by atoms with van der Waals surface area (Å²) in [6.45, 7) is 1.03. The van der Waals surface area contributed by atoms with Gasteiger partial charge in [-0.3, -0.25) is 9.48 Å². The zero-order valence-electron chi connectivity index (χ0n) is 14.3. The maximum atomic E-state index is 13.4. The Kier molecular flexibility index (Phi) is 4.37. The van der Waals surface area contributed by atoms with Crippen LogP contribution in [0, 0.1) is 5.82 Å². The van der Waals surface area contributed by atoms with Crippen LogP contribution >= 0.6 is 11.8 Å². The minimum Gasteiger partial charge on any atom is -0.378 e. The van der Waals surface area contributed by atoms with Crippen molar-refractivity contribution in [3.63, 3.8) is 0 Å². The van der Waals surface area contributed by atoms with Crippen molar-refractivity contribution in [1.29, 1.82) is 0 Å². The number of methoxy groups -OCH3 is 1. The summed E-state index contributed by atoms with van der Waals surface area (Å²) < 4.78 is 22.4. The molecule has 0 fully saturated rings. The lowest BCUT2D eigenvalue weighted by molar-refractivity contribution is 0.0994. The number of benzene rings is 1. The van der Waals surface area contributed by atoms with Crippen molar-refractivity contribution in [1.82, 2.24) is 19.3 Å². The fraction of sp³-hybridized carbons (Fsp3) is 0.278. The van der Waals surface area contributed by atoms with Gasteiger partial charge in [0.05, 0.1) is 36.1 Å². The summed E-state index contributed by atoms with van der Waals surface area (Å²) in [7, 11) is 1.64. The molecule has 0 aliphatic carbocycles. The molecule has 8 heteroatoms. The lowest BCUT2D eigenvalue weighted by Gasteiger charge is -2.10. The molecule has 0 saturated carbocycles. The third-order valence-electron chi connectivity index (χ3n) is 4.51. The number of fused-ring (bicyclic) bond motifs is 1. The number of nitrogens with zero attached hydrogens (tertiary/aromatic N) is 4. The maximum absolute atomic E-state index is 13.4. The average molecular weight is 372 g/mol. The van der Waals surface area contributed by atoms with Gasteiger partial charge in [0.15, 0.2) is 5.16 Å². The van der Waals surface area contributed by atoms with Crippen LogP contribution in [0.3, 0.4) is 0 Å². The topological polar surface area (TPSA) is 61.9 Å². The second-order valence-electron chi connectivity index (χ2n) is 5.99. The molecular formula is C18H17FN4O2S. The van der Waals surface area contributed by atoms with Crippen LogP contribution in [0.15, 0.2) is 46.5 Å². The molecule has 3 aromatic rings. The third kappa shape index (κ3) is 2.75. The van der Waals surface area contributed by atoms with Crippen LogP contribution in [0.5, 0.6) is 0 Å². The first-order valence-electron chi connectivity index (χ1n) is 8.12. The molecule has 0 N–H and O–H groups in total. The smallest absolute Gasteiger partial charge is 0.275 e. The van der Waals surface area contributed by atoms with Crippen LogP contribution in [0.4, 0.5) is 4.39 Å². The van der Waals surface area contributed by atoms with Gasteiger partial charge in [-0.2, -0.15) is 0 Å². The summed E-state index contributed by atoms with van der Waals surface area (Å²) in [6.07, 6.45) is 3.52. The molecule has 1 aromatic carbocycles. The SMILES string of the molecule is COC1Cn2c(-c3ccnc(SC)n3)c(-c3ccc(F)cc3)c(=O)n2C1. The second-order valence-corrected chi connectivity index (χ2v) is 6.76. The van der Waals surface area contributed by atoms with Crippen molar-refractivity contribution in [3.8, 4) is 22.5 Å². The Bertz CT molecular complexity index is 1010. The van der Waals surface area contributed by atoms with Gasteiger partial charge in [0.2, 0.25) is 0 Å². The zero-order valence-corrected chi connectivity index (χ0v) is 15.2. The molecule has 0 radical (unpaired) electrons. The van der Waals surface area contributed by atoms with Crippen LogP contribution in [0.2, 0.25) is 0 Å². The Balaban J connectivity index is 1.97. The number of halogens is 1. The molecule has 26 heavy (non-hydrogen) atoms. The van der Waals surface area contributed by atoms with E-state index in [0.29, 0.717) is 40.8 Å². The van der Waals surface area contributed by atoms with Gasteiger partial charge >= 0.3 is 0 Å². The summed E-state index contributed by atoms with van der Waals surface area (Å²) in [5.74, 6) is -0.340. The summed E-state index contributed by atoms with van der Waals surface area (Å²) in [5, 5.41) is 0.627. The van der Waals surface area contributed by atoms with E-state index in [1.165, 1.54) is 23.9 Å². The minimum absolute atomic E-state index is 0.0643. The monoisotopic (exact) mass is 372 g/mol. The number of hydrogen-bond acceptors (Lipinski definition) is 5. The summed E-state index contributed by atoms with van der Waals surface area (Å²) in [6, 6.07) is 7.75. The van der Waals surface area contributed by atoms with Crippen molar-refractivity contribution in [3.05, 3.63) is 52.7 Å². The number of thioether (sulfide) groups is 1. The van der Waals surface area contributed by atoms with E-state index in [0.717, 1.165) is 0 Å². The van der Waals surface area contributed by atoms with Gasteiger partial charge in [0, 0.05) is 13.3 Å². The van der Waals surface area contributed by atoms with E-state index in [4.69, 9.17) is 4.74 Å². The fourth-order valence-electron chi connectivity index (χ4n) is 3.26. The van der Waals surface area contributed by atoms with Gasteiger partial charge in [-0.1, -0.05) is 23.9 Å². The zero-order chi connectivity index (χ0) is 18.3. The van der Waals surface area contributed by atoms with E-state index in [2.05, 4.69) is 9.97 Å². The van der Waals surface area contributed by atoms with Crippen LogP contribution in [0.25, 0.3) is 22.5 Å². The Hall–Kier alpha value is -2.45. The van der Waals surface area contributed by atoms with Crippen LogP contribution < -0.4 is 5.56 Å². The van der Waals surface area contributed by atoms with Crippen molar-refractivity contribution >= 4 is 11.8 Å². The van der Waals surface area contributed by atoms with E-state index in [9.17, 15) is 9.18 Å². The molecule has 3 heterocycles. The van der Waals surface area contributed by atoms with E-state index in [-0.39, 0.29) is 17.5 Å². The van der Waals surface area contributed by atoms with Gasteiger partial charge in [-0.25, -0.2) is 19.0 Å². The quantitative estimate of drug-likeness (QED) is 0.520. The van der Waals surface area contributed by atoms with Crippen LogP contribution in [-0.2, 0) is 17.8 Å². The number of hydrogen-bond donors (Lipinski definition) is 0. The van der Waals surface area contributed by atoms with Crippen molar-refractivity contribution in [2.24, 2.45) is 0 Å². The van der Waals surface area contributed by atoms with Crippen molar-refractivity contribution in [2.45, 2.75) is 24.3 Å². The highest BCUT2D eigenvalue weighted by atomic mass is 32.2. The summed E-state index contributed by atoms with van der Waals surface area (Å²) >= 11 is 1.44. The average Bonchev–Trinajstić information content (AvgIpc) is 3.20. The third-order valence-corrected chi connectivity index (χ3v) is 5.07. The number of aromatic nitrogens is 4. The molecule has 0 saturated heterocycles. The lowest BCUT2D eigenvalue weighted by Crippen LogP contribution is -2.20. The van der Waals surface area contributed by atoms with Crippen LogP contribution in [-0.4, -0.2) is 38.8 Å². The minimum atomic E-state index is -0.340. The predicted molar refractivity (Wildman–Crippen MR) is 97.7 cm³/mol. The highest BCUT2D eigenvalue weighted by Gasteiger charge is 2.30.